The summed E-state index contributed by atoms with van der Waals surface area (Å²) in [6.45, 7) is 1.71. The van der Waals surface area contributed by atoms with Crippen molar-refractivity contribution in [1.82, 2.24) is 4.72 Å². The number of benzene rings is 2. The highest BCUT2D eigenvalue weighted by Crippen LogP contribution is 2.24. The van der Waals surface area contributed by atoms with Crippen LogP contribution in [0.15, 0.2) is 54.6 Å². The highest BCUT2D eigenvalue weighted by Gasteiger charge is 2.19. The Bertz CT molecular complexity index is 809. The van der Waals surface area contributed by atoms with Crippen LogP contribution in [0.4, 0.5) is 5.69 Å². The van der Waals surface area contributed by atoms with E-state index in [0.717, 1.165) is 0 Å². The summed E-state index contributed by atoms with van der Waals surface area (Å²) in [6.07, 6.45) is 0.0823. The normalized spacial score (nSPS) is 12.4. The van der Waals surface area contributed by atoms with Gasteiger partial charge in [0.25, 0.3) is 10.2 Å². The summed E-state index contributed by atoms with van der Waals surface area (Å²) >= 11 is 0. The molecule has 2 aromatic carbocycles. The van der Waals surface area contributed by atoms with Gasteiger partial charge in [0.2, 0.25) is 0 Å². The van der Waals surface area contributed by atoms with Crippen LogP contribution in [0.3, 0.4) is 0 Å². The molecule has 0 unspecified atom stereocenters. The monoisotopic (exact) mass is 364 g/mol. The first kappa shape index (κ1) is 18.8. The zero-order chi connectivity index (χ0) is 18.3. The highest BCUT2D eigenvalue weighted by molar-refractivity contribution is 7.90. The molecule has 0 aliphatic heterocycles. The van der Waals surface area contributed by atoms with E-state index in [9.17, 15) is 13.2 Å². The van der Waals surface area contributed by atoms with E-state index in [4.69, 9.17) is 9.84 Å². The first-order valence-corrected chi connectivity index (χ1v) is 9.21. The van der Waals surface area contributed by atoms with E-state index < -0.39 is 22.2 Å². The molecule has 7 nitrogen and oxygen atoms in total. The Labute approximate surface area is 146 Å². The van der Waals surface area contributed by atoms with Crippen LogP contribution in [0.1, 0.15) is 19.8 Å². The quantitative estimate of drug-likeness (QED) is 0.634. The molecule has 0 saturated heterocycles. The van der Waals surface area contributed by atoms with Gasteiger partial charge in [-0.2, -0.15) is 13.1 Å². The molecule has 0 aromatic heterocycles. The molecule has 0 amide bonds. The molecule has 2 aromatic rings. The molecular formula is C17H20N2O5S. The minimum atomic E-state index is -3.90. The summed E-state index contributed by atoms with van der Waals surface area (Å²) in [5.41, 5.74) is 0.311. The van der Waals surface area contributed by atoms with E-state index in [1.807, 2.05) is 18.2 Å². The smallest absolute Gasteiger partial charge is 0.304 e. The molecule has 8 heteroatoms. The second-order valence-electron chi connectivity index (χ2n) is 5.37. The van der Waals surface area contributed by atoms with Gasteiger partial charge in [0, 0.05) is 12.1 Å². The third kappa shape index (κ3) is 6.44. The van der Waals surface area contributed by atoms with Gasteiger partial charge >= 0.3 is 5.97 Å². The van der Waals surface area contributed by atoms with E-state index in [1.165, 1.54) is 0 Å². The number of anilines is 1. The van der Waals surface area contributed by atoms with Crippen molar-refractivity contribution in [2.45, 2.75) is 25.8 Å². The highest BCUT2D eigenvalue weighted by atomic mass is 32.2. The van der Waals surface area contributed by atoms with Crippen molar-refractivity contribution in [3.8, 4) is 11.5 Å². The average molecular weight is 364 g/mol. The lowest BCUT2D eigenvalue weighted by Crippen LogP contribution is -2.39. The largest absolute Gasteiger partial charge is 0.481 e. The zero-order valence-electron chi connectivity index (χ0n) is 13.7. The molecule has 0 aliphatic carbocycles. The predicted octanol–water partition coefficient (Wildman–Crippen LogP) is 2.98. The van der Waals surface area contributed by atoms with Crippen molar-refractivity contribution in [2.24, 2.45) is 0 Å². The minimum Gasteiger partial charge on any atom is -0.481 e. The van der Waals surface area contributed by atoms with Crippen LogP contribution < -0.4 is 14.2 Å². The molecule has 0 saturated carbocycles. The minimum absolute atomic E-state index is 0.283. The molecule has 0 bridgehead atoms. The summed E-state index contributed by atoms with van der Waals surface area (Å²) in [5.74, 6) is 0.0462. The predicted molar refractivity (Wildman–Crippen MR) is 95.0 cm³/mol. The topological polar surface area (TPSA) is 105 Å². The van der Waals surface area contributed by atoms with Gasteiger partial charge in [-0.3, -0.25) is 9.52 Å². The average Bonchev–Trinajstić information content (AvgIpc) is 2.54. The van der Waals surface area contributed by atoms with Gasteiger partial charge in [0.15, 0.2) is 0 Å². The van der Waals surface area contributed by atoms with Gasteiger partial charge in [-0.15, -0.1) is 0 Å². The van der Waals surface area contributed by atoms with Gasteiger partial charge < -0.3 is 9.84 Å². The Hall–Kier alpha value is -2.58. The van der Waals surface area contributed by atoms with E-state index in [1.54, 1.807) is 43.3 Å². The Balaban J connectivity index is 2.06. The summed E-state index contributed by atoms with van der Waals surface area (Å²) in [7, 11) is -3.90. The number of ether oxygens (including phenoxy) is 1. The molecule has 1 atom stereocenters. The van der Waals surface area contributed by atoms with E-state index in [0.29, 0.717) is 23.6 Å². The van der Waals surface area contributed by atoms with E-state index in [2.05, 4.69) is 9.44 Å². The standard InChI is InChI=1S/C17H20N2O5S/c1-2-13(12-17(20)21)18-25(22,23)19-14-7-6-10-16(11-14)24-15-8-4-3-5-9-15/h3-11,13,18-19H,2,12H2,1H3,(H,20,21)/t13-/m0/s1. The van der Waals surface area contributed by atoms with Crippen LogP contribution in [-0.2, 0) is 15.0 Å². The number of carboxylic acids is 1. The first-order chi connectivity index (χ1) is 11.9. The van der Waals surface area contributed by atoms with Gasteiger partial charge in [-0.05, 0) is 30.7 Å². The molecule has 134 valence electrons. The number of hydrogen-bond donors (Lipinski definition) is 3. The Morgan fingerprint density at radius 2 is 1.80 bits per heavy atom. The molecule has 2 rings (SSSR count). The van der Waals surface area contributed by atoms with Crippen molar-refractivity contribution in [3.63, 3.8) is 0 Å². The van der Waals surface area contributed by atoms with Crippen molar-refractivity contribution < 1.29 is 23.1 Å². The lowest BCUT2D eigenvalue weighted by Gasteiger charge is -2.16. The fraction of sp³-hybridized carbons (Fsp3) is 0.235. The Morgan fingerprint density at radius 3 is 2.44 bits per heavy atom. The summed E-state index contributed by atoms with van der Waals surface area (Å²) in [4.78, 5) is 10.8. The van der Waals surface area contributed by atoms with Gasteiger partial charge in [-0.25, -0.2) is 0 Å². The van der Waals surface area contributed by atoms with Crippen LogP contribution in [-0.4, -0.2) is 25.5 Å². The van der Waals surface area contributed by atoms with Crippen LogP contribution >= 0.6 is 0 Å². The van der Waals surface area contributed by atoms with Crippen molar-refractivity contribution in [3.05, 3.63) is 54.6 Å². The maximum Gasteiger partial charge on any atom is 0.304 e. The van der Waals surface area contributed by atoms with Crippen LogP contribution in [0.2, 0.25) is 0 Å². The SMILES string of the molecule is CC[C@@H](CC(=O)O)NS(=O)(=O)Nc1cccc(Oc2ccccc2)c1. The summed E-state index contributed by atoms with van der Waals surface area (Å²) in [5, 5.41) is 8.81. The van der Waals surface area contributed by atoms with E-state index in [-0.39, 0.29) is 6.42 Å². The van der Waals surface area contributed by atoms with Gasteiger partial charge in [-0.1, -0.05) is 31.2 Å². The first-order valence-electron chi connectivity index (χ1n) is 7.73. The lowest BCUT2D eigenvalue weighted by molar-refractivity contribution is -0.137. The maximum atomic E-state index is 12.2. The maximum absolute atomic E-state index is 12.2. The molecule has 0 aliphatic rings. The third-order valence-electron chi connectivity index (χ3n) is 3.30. The van der Waals surface area contributed by atoms with Crippen molar-refractivity contribution >= 4 is 21.9 Å². The molecule has 0 fully saturated rings. The third-order valence-corrected chi connectivity index (χ3v) is 4.45. The summed E-state index contributed by atoms with van der Waals surface area (Å²) in [6, 6.07) is 14.9. The molecule has 0 heterocycles. The molecular weight excluding hydrogens is 344 g/mol. The van der Waals surface area contributed by atoms with Crippen molar-refractivity contribution in [2.75, 3.05) is 4.72 Å². The number of carbonyl (C=O) groups is 1. The number of para-hydroxylation sites is 1. The Kier molecular flexibility index (Phi) is 6.37. The zero-order valence-corrected chi connectivity index (χ0v) is 14.5. The van der Waals surface area contributed by atoms with Gasteiger partial charge in [0.1, 0.15) is 11.5 Å². The fourth-order valence-electron chi connectivity index (χ4n) is 2.13. The second kappa shape index (κ2) is 8.50. The van der Waals surface area contributed by atoms with Crippen LogP contribution in [0, 0.1) is 0 Å². The van der Waals surface area contributed by atoms with Crippen LogP contribution in [0.5, 0.6) is 11.5 Å². The number of nitrogens with one attached hydrogen (secondary N) is 2. The molecule has 3 N–H and O–H groups in total. The number of carboxylic acid groups (broad SMARTS) is 1. The van der Waals surface area contributed by atoms with E-state index >= 15 is 0 Å². The Morgan fingerprint density at radius 1 is 1.12 bits per heavy atom. The van der Waals surface area contributed by atoms with Gasteiger partial charge in [0.05, 0.1) is 12.1 Å². The molecule has 0 radical (unpaired) electrons. The number of hydrogen-bond acceptors (Lipinski definition) is 4. The van der Waals surface area contributed by atoms with Crippen LogP contribution in [0.25, 0.3) is 0 Å². The van der Waals surface area contributed by atoms with Crippen molar-refractivity contribution in [1.29, 1.82) is 0 Å². The summed E-state index contributed by atoms with van der Waals surface area (Å²) < 4.78 is 34.7. The number of rotatable bonds is 9. The molecule has 25 heavy (non-hydrogen) atoms. The number of aliphatic carboxylic acids is 1. The fourth-order valence-corrected chi connectivity index (χ4v) is 3.32. The molecule has 0 spiro atoms. The lowest BCUT2D eigenvalue weighted by atomic mass is 10.2. The second-order valence-corrected chi connectivity index (χ2v) is 6.82.